The SMILES string of the molecule is CC1(c2ccccc2)c2ccccc2-c2c1ccc1c2Oc2c(cccc2-c2c3ccccc3c(-c3ccc4ccccc4c3)c3ccccc23)S1. The number of hydrogen-bond donors (Lipinski definition) is 0. The Kier molecular flexibility index (Phi) is 6.38. The van der Waals surface area contributed by atoms with Gasteiger partial charge in [-0.1, -0.05) is 169 Å². The number of ether oxygens (including phenoxy) is 1. The van der Waals surface area contributed by atoms with Gasteiger partial charge in [-0.25, -0.2) is 0 Å². The Morgan fingerprint density at radius 1 is 0.423 bits per heavy atom. The number of para-hydroxylation sites is 1. The van der Waals surface area contributed by atoms with Gasteiger partial charge >= 0.3 is 0 Å². The van der Waals surface area contributed by atoms with Crippen LogP contribution in [0, 0.1) is 0 Å². The third kappa shape index (κ3) is 4.13. The molecule has 11 rings (SSSR count). The lowest BCUT2D eigenvalue weighted by Crippen LogP contribution is -2.22. The van der Waals surface area contributed by atoms with Crippen molar-refractivity contribution in [1.82, 2.24) is 0 Å². The second kappa shape index (κ2) is 11.2. The molecule has 0 N–H and O–H groups in total. The maximum Gasteiger partial charge on any atom is 0.149 e. The van der Waals surface area contributed by atoms with Gasteiger partial charge in [0.25, 0.3) is 0 Å². The molecule has 1 heterocycles. The van der Waals surface area contributed by atoms with E-state index in [1.54, 1.807) is 0 Å². The van der Waals surface area contributed by atoms with Crippen LogP contribution in [0.4, 0.5) is 0 Å². The van der Waals surface area contributed by atoms with Crippen LogP contribution >= 0.6 is 11.8 Å². The Hall–Kier alpha value is -6.09. The molecule has 0 saturated heterocycles. The molecule has 9 aromatic rings. The largest absolute Gasteiger partial charge is 0.454 e. The minimum Gasteiger partial charge on any atom is -0.454 e. The normalized spacial score (nSPS) is 15.6. The number of rotatable bonds is 3. The molecule has 2 heteroatoms. The van der Waals surface area contributed by atoms with Gasteiger partial charge < -0.3 is 4.74 Å². The minimum atomic E-state index is -0.291. The first-order chi connectivity index (χ1) is 25.7. The predicted molar refractivity (Wildman–Crippen MR) is 218 cm³/mol. The summed E-state index contributed by atoms with van der Waals surface area (Å²) < 4.78 is 7.33. The monoisotopic (exact) mass is 680 g/mol. The topological polar surface area (TPSA) is 9.23 Å². The zero-order valence-corrected chi connectivity index (χ0v) is 29.4. The number of hydrogen-bond acceptors (Lipinski definition) is 2. The van der Waals surface area contributed by atoms with Crippen molar-refractivity contribution in [2.45, 2.75) is 22.1 Å². The second-order valence-corrected chi connectivity index (χ2v) is 15.2. The zero-order chi connectivity index (χ0) is 34.4. The van der Waals surface area contributed by atoms with Crippen LogP contribution in [-0.4, -0.2) is 0 Å². The highest BCUT2D eigenvalue weighted by atomic mass is 32.2. The fourth-order valence-electron chi connectivity index (χ4n) is 8.99. The Bertz CT molecular complexity index is 2870. The molecule has 52 heavy (non-hydrogen) atoms. The van der Waals surface area contributed by atoms with Crippen molar-refractivity contribution in [3.63, 3.8) is 0 Å². The van der Waals surface area contributed by atoms with E-state index in [0.29, 0.717) is 0 Å². The van der Waals surface area contributed by atoms with Gasteiger partial charge in [0.2, 0.25) is 0 Å². The van der Waals surface area contributed by atoms with Crippen LogP contribution in [0.5, 0.6) is 11.5 Å². The van der Waals surface area contributed by atoms with Crippen LogP contribution in [0.1, 0.15) is 23.6 Å². The maximum atomic E-state index is 7.33. The zero-order valence-electron chi connectivity index (χ0n) is 28.6. The fourth-order valence-corrected chi connectivity index (χ4v) is 9.99. The van der Waals surface area contributed by atoms with Crippen molar-refractivity contribution in [1.29, 1.82) is 0 Å². The van der Waals surface area contributed by atoms with Gasteiger partial charge in [-0.05, 0) is 90.8 Å². The first-order valence-electron chi connectivity index (χ1n) is 17.9. The van der Waals surface area contributed by atoms with Crippen molar-refractivity contribution < 1.29 is 4.74 Å². The average Bonchev–Trinajstić information content (AvgIpc) is 3.48. The Morgan fingerprint density at radius 2 is 1.04 bits per heavy atom. The molecule has 1 aliphatic heterocycles. The summed E-state index contributed by atoms with van der Waals surface area (Å²) in [6.07, 6.45) is 0. The van der Waals surface area contributed by atoms with Gasteiger partial charge in [0, 0.05) is 22.1 Å². The molecule has 1 atom stereocenters. The van der Waals surface area contributed by atoms with E-state index >= 15 is 0 Å². The first-order valence-corrected chi connectivity index (χ1v) is 18.7. The molecule has 0 fully saturated rings. The molecular weight excluding hydrogens is 649 g/mol. The van der Waals surface area contributed by atoms with Crippen LogP contribution in [0.25, 0.3) is 65.7 Å². The summed E-state index contributed by atoms with van der Waals surface area (Å²) in [5, 5.41) is 7.41. The van der Waals surface area contributed by atoms with Gasteiger partial charge in [0.15, 0.2) is 0 Å². The molecule has 1 aliphatic carbocycles. The van der Waals surface area contributed by atoms with E-state index in [2.05, 4.69) is 183 Å². The van der Waals surface area contributed by atoms with E-state index < -0.39 is 0 Å². The lowest BCUT2D eigenvalue weighted by Gasteiger charge is -2.29. The highest BCUT2D eigenvalue weighted by Crippen LogP contribution is 2.61. The third-order valence-electron chi connectivity index (χ3n) is 11.4. The maximum absolute atomic E-state index is 7.33. The lowest BCUT2D eigenvalue weighted by atomic mass is 9.74. The van der Waals surface area contributed by atoms with Gasteiger partial charge in [0.1, 0.15) is 11.5 Å². The molecule has 0 radical (unpaired) electrons. The van der Waals surface area contributed by atoms with Crippen molar-refractivity contribution in [3.05, 3.63) is 193 Å². The molecule has 1 nitrogen and oxygen atoms in total. The van der Waals surface area contributed by atoms with Gasteiger partial charge in [-0.3, -0.25) is 0 Å². The molecule has 0 spiro atoms. The molecule has 9 aromatic carbocycles. The standard InChI is InChI=1S/C50H32OS/c1-50(34-16-3-2-4-17-34)41-24-12-11-22-39(41)47-42(50)28-29-44-49(47)51-48-40(23-13-25-43(48)52-44)46-37-20-9-7-18-35(37)45(36-19-8-10-21-38(36)46)33-27-26-31-14-5-6-15-32(31)30-33/h2-30H,1H3. The van der Waals surface area contributed by atoms with Crippen LogP contribution in [-0.2, 0) is 5.41 Å². The Morgan fingerprint density at radius 3 is 1.81 bits per heavy atom. The van der Waals surface area contributed by atoms with Gasteiger partial charge in [0.05, 0.1) is 9.79 Å². The minimum absolute atomic E-state index is 0.291. The van der Waals surface area contributed by atoms with E-state index in [9.17, 15) is 0 Å². The van der Waals surface area contributed by atoms with E-state index in [0.717, 1.165) is 26.9 Å². The smallest absolute Gasteiger partial charge is 0.149 e. The Labute approximate surface area is 307 Å². The summed E-state index contributed by atoms with van der Waals surface area (Å²) in [6, 6.07) is 64.3. The summed E-state index contributed by atoms with van der Waals surface area (Å²) >= 11 is 1.81. The van der Waals surface area contributed by atoms with E-state index in [1.165, 1.54) is 76.8 Å². The molecule has 0 aromatic heterocycles. The highest BCUT2D eigenvalue weighted by Gasteiger charge is 2.43. The number of fused-ring (bicyclic) bond motifs is 9. The first kappa shape index (κ1) is 29.6. The van der Waals surface area contributed by atoms with Crippen molar-refractivity contribution >= 4 is 44.1 Å². The van der Waals surface area contributed by atoms with Crippen molar-refractivity contribution in [3.8, 4) is 44.9 Å². The summed E-state index contributed by atoms with van der Waals surface area (Å²) in [7, 11) is 0. The quantitative estimate of drug-likeness (QED) is 0.172. The highest BCUT2D eigenvalue weighted by molar-refractivity contribution is 7.99. The molecule has 0 amide bonds. The summed E-state index contributed by atoms with van der Waals surface area (Å²) in [4.78, 5) is 2.28. The summed E-state index contributed by atoms with van der Waals surface area (Å²) in [6.45, 7) is 2.37. The Balaban J connectivity index is 1.15. The number of benzene rings is 9. The molecule has 1 unspecified atom stereocenters. The van der Waals surface area contributed by atoms with Crippen molar-refractivity contribution in [2.24, 2.45) is 0 Å². The molecular formula is C50H32OS. The van der Waals surface area contributed by atoms with E-state index in [4.69, 9.17) is 4.74 Å². The van der Waals surface area contributed by atoms with Gasteiger partial charge in [-0.2, -0.15) is 0 Å². The molecule has 0 saturated carbocycles. The van der Waals surface area contributed by atoms with Crippen LogP contribution in [0.2, 0.25) is 0 Å². The average molecular weight is 681 g/mol. The summed E-state index contributed by atoms with van der Waals surface area (Å²) in [5.74, 6) is 1.88. The van der Waals surface area contributed by atoms with Crippen LogP contribution < -0.4 is 4.74 Å². The second-order valence-electron chi connectivity index (χ2n) is 14.1. The van der Waals surface area contributed by atoms with E-state index in [-0.39, 0.29) is 5.41 Å². The van der Waals surface area contributed by atoms with Gasteiger partial charge in [-0.15, -0.1) is 0 Å². The van der Waals surface area contributed by atoms with Crippen LogP contribution in [0.3, 0.4) is 0 Å². The summed E-state index contributed by atoms with van der Waals surface area (Å²) in [5.41, 5.74) is 10.9. The molecule has 244 valence electrons. The molecule has 0 bridgehead atoms. The third-order valence-corrected chi connectivity index (χ3v) is 12.5. The van der Waals surface area contributed by atoms with Crippen LogP contribution in [0.15, 0.2) is 186 Å². The van der Waals surface area contributed by atoms with Crippen molar-refractivity contribution in [2.75, 3.05) is 0 Å². The predicted octanol–water partition coefficient (Wildman–Crippen LogP) is 14.1. The lowest BCUT2D eigenvalue weighted by molar-refractivity contribution is 0.457. The van der Waals surface area contributed by atoms with E-state index in [1.807, 2.05) is 11.8 Å². The fraction of sp³-hybridized carbons (Fsp3) is 0.0400. The molecule has 2 aliphatic rings.